The van der Waals surface area contributed by atoms with Crippen molar-refractivity contribution in [3.8, 4) is 57.4 Å². The minimum atomic E-state index is 0.530. The molecule has 1 N–H and O–H groups in total. The van der Waals surface area contributed by atoms with E-state index in [-0.39, 0.29) is 0 Å². The van der Waals surface area contributed by atoms with Crippen molar-refractivity contribution in [2.75, 3.05) is 0 Å². The molecule has 0 aliphatic rings. The molecule has 13 aromatic rings. The Hall–Kier alpha value is -8.82. The average molecular weight is 808 g/mol. The molecule has 0 aliphatic carbocycles. The predicted molar refractivity (Wildman–Crippen MR) is 253 cm³/mol. The van der Waals surface area contributed by atoms with Crippen LogP contribution in [0, 0.1) is 0 Å². The molecule has 0 atom stereocenters. The maximum Gasteiger partial charge on any atom is 0.238 e. The second-order valence-corrected chi connectivity index (χ2v) is 15.7. The number of hydrogen-bond donors (Lipinski definition) is 1. The second kappa shape index (κ2) is 13.9. The van der Waals surface area contributed by atoms with E-state index in [0.717, 1.165) is 87.7 Å². The van der Waals surface area contributed by atoms with Crippen molar-refractivity contribution in [3.63, 3.8) is 0 Å². The van der Waals surface area contributed by atoms with E-state index >= 15 is 0 Å². The van der Waals surface area contributed by atoms with E-state index in [1.165, 1.54) is 0 Å². The predicted octanol–water partition coefficient (Wildman–Crippen LogP) is 12.6. The number of aromatic nitrogens is 9. The zero-order valence-electron chi connectivity index (χ0n) is 33.6. The van der Waals surface area contributed by atoms with Gasteiger partial charge in [0.15, 0.2) is 23.3 Å². The number of nitrogens with one attached hydrogen (secondary N) is 1. The Morgan fingerprint density at radius 2 is 0.714 bits per heavy atom. The van der Waals surface area contributed by atoms with Crippen molar-refractivity contribution in [2.24, 2.45) is 0 Å². The molecular weight excluding hydrogens is 775 g/mol. The van der Waals surface area contributed by atoms with E-state index in [0.29, 0.717) is 35.2 Å². The standard InChI is InChI=1S/C54H33N9/c1-5-17-33(18-6-1)49-56-50(34-19-7-2-8-20-34)59-53(58-49)62-43-28-16-14-25-37(43)39-31-46-40(32-45(39)62)48-44(30-29-42-47(48)38-26-13-15-27-41(38)55-42)63(46)54-60-51(35-21-9-3-10-22-35)57-52(61-54)36-23-11-4-12-24-36/h1-32,55H. The summed E-state index contributed by atoms with van der Waals surface area (Å²) in [6, 6.07) is 66.4. The molecule has 0 aliphatic heterocycles. The second-order valence-electron chi connectivity index (χ2n) is 15.7. The summed E-state index contributed by atoms with van der Waals surface area (Å²) in [7, 11) is 0. The molecule has 0 saturated carbocycles. The molecule has 63 heavy (non-hydrogen) atoms. The fourth-order valence-electron chi connectivity index (χ4n) is 9.13. The van der Waals surface area contributed by atoms with E-state index < -0.39 is 0 Å². The Morgan fingerprint density at radius 1 is 0.286 bits per heavy atom. The van der Waals surface area contributed by atoms with Gasteiger partial charge in [0.1, 0.15) is 0 Å². The number of nitrogens with zero attached hydrogens (tertiary/aromatic N) is 8. The van der Waals surface area contributed by atoms with Gasteiger partial charge in [-0.2, -0.15) is 19.9 Å². The Morgan fingerprint density at radius 3 is 1.25 bits per heavy atom. The third kappa shape index (κ3) is 5.57. The quantitative estimate of drug-likeness (QED) is 0.179. The molecule has 9 heteroatoms. The van der Waals surface area contributed by atoms with Gasteiger partial charge in [-0.1, -0.05) is 158 Å². The van der Waals surface area contributed by atoms with E-state index in [2.05, 4.69) is 86.9 Å². The van der Waals surface area contributed by atoms with Crippen LogP contribution in [0.15, 0.2) is 194 Å². The lowest BCUT2D eigenvalue weighted by Gasteiger charge is -2.11. The number of hydrogen-bond acceptors (Lipinski definition) is 6. The van der Waals surface area contributed by atoms with E-state index in [4.69, 9.17) is 29.9 Å². The Balaban J connectivity index is 1.17. The van der Waals surface area contributed by atoms with Gasteiger partial charge in [0.2, 0.25) is 11.9 Å². The molecule has 8 aromatic carbocycles. The van der Waals surface area contributed by atoms with Crippen LogP contribution >= 0.6 is 0 Å². The summed E-state index contributed by atoms with van der Waals surface area (Å²) in [4.78, 5) is 34.8. The first-order chi connectivity index (χ1) is 31.2. The van der Waals surface area contributed by atoms with Gasteiger partial charge < -0.3 is 4.98 Å². The third-order valence-corrected chi connectivity index (χ3v) is 12.0. The van der Waals surface area contributed by atoms with Crippen LogP contribution in [0.4, 0.5) is 0 Å². The molecule has 0 bridgehead atoms. The highest BCUT2D eigenvalue weighted by molar-refractivity contribution is 6.30. The highest BCUT2D eigenvalue weighted by Crippen LogP contribution is 2.43. The van der Waals surface area contributed by atoms with Crippen LogP contribution in [0.3, 0.4) is 0 Å². The van der Waals surface area contributed by atoms with Crippen LogP contribution in [0.1, 0.15) is 0 Å². The summed E-state index contributed by atoms with van der Waals surface area (Å²) in [5, 5.41) is 6.51. The largest absolute Gasteiger partial charge is 0.354 e. The molecule has 0 spiro atoms. The van der Waals surface area contributed by atoms with Crippen molar-refractivity contribution in [1.29, 1.82) is 0 Å². The van der Waals surface area contributed by atoms with Crippen molar-refractivity contribution in [1.82, 2.24) is 44.0 Å². The molecule has 294 valence electrons. The van der Waals surface area contributed by atoms with Crippen LogP contribution in [-0.4, -0.2) is 44.0 Å². The number of H-pyrrole nitrogens is 1. The molecule has 9 nitrogen and oxygen atoms in total. The molecular formula is C54H33N9. The van der Waals surface area contributed by atoms with Gasteiger partial charge in [0, 0.05) is 65.6 Å². The Bertz CT molecular complexity index is 3780. The summed E-state index contributed by atoms with van der Waals surface area (Å²) in [5.41, 5.74) is 9.65. The van der Waals surface area contributed by atoms with Gasteiger partial charge in [-0.15, -0.1) is 0 Å². The smallest absolute Gasteiger partial charge is 0.238 e. The fourth-order valence-corrected chi connectivity index (χ4v) is 9.13. The van der Waals surface area contributed by atoms with Crippen LogP contribution in [-0.2, 0) is 0 Å². The third-order valence-electron chi connectivity index (χ3n) is 12.0. The van der Waals surface area contributed by atoms with Gasteiger partial charge in [0.05, 0.1) is 22.1 Å². The first-order valence-electron chi connectivity index (χ1n) is 20.9. The lowest BCUT2D eigenvalue weighted by molar-refractivity contribution is 0.951. The van der Waals surface area contributed by atoms with Gasteiger partial charge in [0.25, 0.3) is 0 Å². The molecule has 5 aromatic heterocycles. The van der Waals surface area contributed by atoms with Gasteiger partial charge in [-0.05, 0) is 36.4 Å². The maximum atomic E-state index is 5.27. The lowest BCUT2D eigenvalue weighted by atomic mass is 10.0. The number of rotatable bonds is 6. The molecule has 0 radical (unpaired) electrons. The molecule has 0 amide bonds. The van der Waals surface area contributed by atoms with Crippen molar-refractivity contribution in [3.05, 3.63) is 194 Å². The summed E-state index contributed by atoms with van der Waals surface area (Å²) >= 11 is 0. The Kier molecular flexibility index (Phi) is 7.70. The zero-order chi connectivity index (χ0) is 41.4. The number of para-hydroxylation sites is 2. The molecule has 0 unspecified atom stereocenters. The first kappa shape index (κ1) is 35.0. The van der Waals surface area contributed by atoms with Gasteiger partial charge in [-0.3, -0.25) is 9.13 Å². The highest BCUT2D eigenvalue weighted by Gasteiger charge is 2.25. The van der Waals surface area contributed by atoms with Crippen LogP contribution in [0.2, 0.25) is 0 Å². The monoisotopic (exact) mass is 807 g/mol. The minimum absolute atomic E-state index is 0.530. The highest BCUT2D eigenvalue weighted by atomic mass is 15.2. The van der Waals surface area contributed by atoms with Crippen molar-refractivity contribution < 1.29 is 0 Å². The summed E-state index contributed by atoms with van der Waals surface area (Å²) in [6.07, 6.45) is 0. The van der Waals surface area contributed by atoms with Crippen LogP contribution < -0.4 is 0 Å². The lowest BCUT2D eigenvalue weighted by Crippen LogP contribution is -2.07. The Labute approximate surface area is 359 Å². The zero-order valence-corrected chi connectivity index (χ0v) is 33.6. The maximum absolute atomic E-state index is 5.27. The minimum Gasteiger partial charge on any atom is -0.354 e. The van der Waals surface area contributed by atoms with E-state index in [1.807, 2.05) is 121 Å². The summed E-state index contributed by atoms with van der Waals surface area (Å²) in [5.74, 6) is 3.45. The normalized spacial score (nSPS) is 11.8. The van der Waals surface area contributed by atoms with Crippen LogP contribution in [0.25, 0.3) is 123 Å². The molecule has 13 rings (SSSR count). The summed E-state index contributed by atoms with van der Waals surface area (Å²) < 4.78 is 4.40. The van der Waals surface area contributed by atoms with E-state index in [9.17, 15) is 0 Å². The molecule has 0 fully saturated rings. The van der Waals surface area contributed by atoms with Crippen molar-refractivity contribution in [2.45, 2.75) is 0 Å². The van der Waals surface area contributed by atoms with Gasteiger partial charge in [-0.25, -0.2) is 9.97 Å². The summed E-state index contributed by atoms with van der Waals surface area (Å²) in [6.45, 7) is 0. The fraction of sp³-hybridized carbons (Fsp3) is 0. The number of aromatic amines is 1. The number of benzene rings is 8. The first-order valence-corrected chi connectivity index (χ1v) is 20.9. The van der Waals surface area contributed by atoms with Crippen molar-refractivity contribution >= 4 is 65.4 Å². The topological polar surface area (TPSA) is 103 Å². The van der Waals surface area contributed by atoms with Crippen LogP contribution in [0.5, 0.6) is 0 Å². The average Bonchev–Trinajstić information content (AvgIpc) is 4.01. The SMILES string of the molecule is c1ccc(-c2nc(-c3ccccc3)nc(-n3c4ccccc4c4cc5c(cc43)c3c4c(ccc3n5-c3nc(-c5ccccc5)nc(-c5ccccc5)n3)[nH]c3ccccc34)n2)cc1. The molecule has 5 heterocycles. The number of fused-ring (bicyclic) bond motifs is 10. The molecule has 0 saturated heterocycles. The van der Waals surface area contributed by atoms with E-state index in [1.54, 1.807) is 0 Å². The van der Waals surface area contributed by atoms with Gasteiger partial charge >= 0.3 is 0 Å².